The summed E-state index contributed by atoms with van der Waals surface area (Å²) in [6.07, 6.45) is 4.70. The molecule has 0 fully saturated rings. The Kier molecular flexibility index (Phi) is 5.00. The van der Waals surface area contributed by atoms with Crippen LogP contribution in [-0.2, 0) is 6.42 Å². The SMILES string of the molecule is CC=C1c2ccc(C(=O)CCCI)cc2Cc2ccc(C)cc21. The lowest BCUT2D eigenvalue weighted by atomic mass is 9.80. The highest BCUT2D eigenvalue weighted by molar-refractivity contribution is 14.1. The lowest BCUT2D eigenvalue weighted by Crippen LogP contribution is -2.09. The topological polar surface area (TPSA) is 17.1 Å². The van der Waals surface area contributed by atoms with Crippen LogP contribution in [0.1, 0.15) is 57.9 Å². The maximum absolute atomic E-state index is 12.3. The fourth-order valence-electron chi connectivity index (χ4n) is 3.30. The van der Waals surface area contributed by atoms with Gasteiger partial charge >= 0.3 is 0 Å². The number of carbonyl (C=O) groups is 1. The standard InChI is InChI=1S/C21H21IO/c1-3-18-19-9-8-16(21(23)5-4-10-22)13-17(19)12-15-7-6-14(2)11-20(15)18/h3,6-9,11,13H,4-5,10,12H2,1-2H3. The number of hydrogen-bond acceptors (Lipinski definition) is 1. The quantitative estimate of drug-likeness (QED) is 0.301. The van der Waals surface area contributed by atoms with Gasteiger partial charge < -0.3 is 0 Å². The molecule has 0 spiro atoms. The number of Topliss-reactive ketones (excluding diaryl/α,β-unsaturated/α-hetero) is 1. The molecular weight excluding hydrogens is 395 g/mol. The number of halogens is 1. The Labute approximate surface area is 152 Å². The minimum absolute atomic E-state index is 0.265. The summed E-state index contributed by atoms with van der Waals surface area (Å²) in [5.74, 6) is 0.265. The predicted octanol–water partition coefficient (Wildman–Crippen LogP) is 5.75. The van der Waals surface area contributed by atoms with E-state index in [1.807, 2.05) is 6.07 Å². The summed E-state index contributed by atoms with van der Waals surface area (Å²) in [6.45, 7) is 4.23. The van der Waals surface area contributed by atoms with Gasteiger partial charge in [-0.25, -0.2) is 0 Å². The molecule has 0 saturated heterocycles. The van der Waals surface area contributed by atoms with Crippen molar-refractivity contribution in [3.8, 4) is 0 Å². The van der Waals surface area contributed by atoms with Gasteiger partial charge in [0.15, 0.2) is 5.78 Å². The fourth-order valence-corrected chi connectivity index (χ4v) is 3.69. The van der Waals surface area contributed by atoms with Gasteiger partial charge in [-0.05, 0) is 65.0 Å². The molecule has 0 N–H and O–H groups in total. The van der Waals surface area contributed by atoms with Gasteiger partial charge in [-0.3, -0.25) is 4.79 Å². The van der Waals surface area contributed by atoms with E-state index >= 15 is 0 Å². The molecule has 0 aliphatic heterocycles. The van der Waals surface area contributed by atoms with Crippen molar-refractivity contribution in [2.75, 3.05) is 4.43 Å². The number of benzene rings is 2. The second-order valence-corrected chi connectivity index (χ2v) is 7.21. The Hall–Kier alpha value is -1.42. The van der Waals surface area contributed by atoms with Crippen molar-refractivity contribution in [2.24, 2.45) is 0 Å². The third-order valence-electron chi connectivity index (χ3n) is 4.48. The van der Waals surface area contributed by atoms with E-state index < -0.39 is 0 Å². The summed E-state index contributed by atoms with van der Waals surface area (Å²) in [4.78, 5) is 12.3. The fraction of sp³-hybridized carbons (Fsp3) is 0.286. The second kappa shape index (κ2) is 7.00. The molecule has 0 radical (unpaired) electrons. The smallest absolute Gasteiger partial charge is 0.162 e. The first-order valence-electron chi connectivity index (χ1n) is 8.12. The van der Waals surface area contributed by atoms with Crippen LogP contribution in [0.15, 0.2) is 42.5 Å². The second-order valence-electron chi connectivity index (χ2n) is 6.13. The van der Waals surface area contributed by atoms with Crippen LogP contribution in [0.3, 0.4) is 0 Å². The average Bonchev–Trinajstić information content (AvgIpc) is 2.57. The van der Waals surface area contributed by atoms with E-state index in [0.717, 1.165) is 22.8 Å². The molecule has 1 aliphatic rings. The number of rotatable bonds is 4. The number of fused-ring (bicyclic) bond motifs is 2. The van der Waals surface area contributed by atoms with Crippen LogP contribution in [0, 0.1) is 6.92 Å². The largest absolute Gasteiger partial charge is 0.294 e. The van der Waals surface area contributed by atoms with E-state index in [9.17, 15) is 4.79 Å². The van der Waals surface area contributed by atoms with Crippen molar-refractivity contribution >= 4 is 33.9 Å². The Morgan fingerprint density at radius 1 is 1.13 bits per heavy atom. The van der Waals surface area contributed by atoms with Gasteiger partial charge in [0.2, 0.25) is 0 Å². The van der Waals surface area contributed by atoms with Crippen molar-refractivity contribution in [1.82, 2.24) is 0 Å². The molecular formula is C21H21IO. The van der Waals surface area contributed by atoms with Crippen molar-refractivity contribution in [2.45, 2.75) is 33.1 Å². The van der Waals surface area contributed by atoms with E-state index in [1.165, 1.54) is 33.4 Å². The molecule has 0 aromatic heterocycles. The zero-order valence-electron chi connectivity index (χ0n) is 13.7. The lowest BCUT2D eigenvalue weighted by molar-refractivity contribution is 0.0982. The van der Waals surface area contributed by atoms with Crippen molar-refractivity contribution < 1.29 is 4.79 Å². The van der Waals surface area contributed by atoms with Crippen LogP contribution < -0.4 is 0 Å². The van der Waals surface area contributed by atoms with Gasteiger partial charge in [0.05, 0.1) is 0 Å². The minimum atomic E-state index is 0.265. The molecule has 0 bridgehead atoms. The molecule has 0 heterocycles. The molecule has 1 nitrogen and oxygen atoms in total. The Balaban J connectivity index is 2.01. The maximum atomic E-state index is 12.3. The highest BCUT2D eigenvalue weighted by Crippen LogP contribution is 2.36. The number of ketones is 1. The highest BCUT2D eigenvalue weighted by Gasteiger charge is 2.20. The monoisotopic (exact) mass is 416 g/mol. The van der Waals surface area contributed by atoms with Crippen LogP contribution in [0.2, 0.25) is 0 Å². The molecule has 118 valence electrons. The third kappa shape index (κ3) is 3.27. The summed E-state index contributed by atoms with van der Waals surface area (Å²) >= 11 is 2.33. The molecule has 0 unspecified atom stereocenters. The van der Waals surface area contributed by atoms with Gasteiger partial charge in [-0.15, -0.1) is 0 Å². The van der Waals surface area contributed by atoms with Crippen LogP contribution in [0.5, 0.6) is 0 Å². The van der Waals surface area contributed by atoms with Gasteiger partial charge in [0.1, 0.15) is 0 Å². The first-order valence-corrected chi connectivity index (χ1v) is 9.65. The molecule has 1 aliphatic carbocycles. The molecule has 2 aromatic carbocycles. The molecule has 0 amide bonds. The van der Waals surface area contributed by atoms with E-state index in [2.05, 4.69) is 72.8 Å². The van der Waals surface area contributed by atoms with E-state index in [-0.39, 0.29) is 5.78 Å². The van der Waals surface area contributed by atoms with Gasteiger partial charge in [0, 0.05) is 12.0 Å². The summed E-state index contributed by atoms with van der Waals surface area (Å²) in [5, 5.41) is 0. The summed E-state index contributed by atoms with van der Waals surface area (Å²) in [6, 6.07) is 12.9. The van der Waals surface area contributed by atoms with Crippen molar-refractivity contribution in [1.29, 1.82) is 0 Å². The molecule has 3 rings (SSSR count). The van der Waals surface area contributed by atoms with E-state index in [0.29, 0.717) is 6.42 Å². The maximum Gasteiger partial charge on any atom is 0.162 e. The zero-order valence-corrected chi connectivity index (χ0v) is 15.8. The van der Waals surface area contributed by atoms with Crippen molar-refractivity contribution in [3.05, 3.63) is 75.9 Å². The lowest BCUT2D eigenvalue weighted by Gasteiger charge is -2.23. The predicted molar refractivity (Wildman–Crippen MR) is 106 cm³/mol. The Bertz CT molecular complexity index is 786. The van der Waals surface area contributed by atoms with Gasteiger partial charge in [-0.1, -0.05) is 64.6 Å². The third-order valence-corrected chi connectivity index (χ3v) is 5.24. The number of allylic oxidation sites excluding steroid dienone is 1. The van der Waals surface area contributed by atoms with Crippen LogP contribution in [0.25, 0.3) is 5.57 Å². The number of aryl methyl sites for hydroxylation is 1. The number of alkyl halides is 1. The van der Waals surface area contributed by atoms with Crippen LogP contribution in [-0.4, -0.2) is 10.2 Å². The van der Waals surface area contributed by atoms with Gasteiger partial charge in [-0.2, -0.15) is 0 Å². The van der Waals surface area contributed by atoms with Crippen LogP contribution >= 0.6 is 22.6 Å². The summed E-state index contributed by atoms with van der Waals surface area (Å²) in [5.41, 5.74) is 8.68. The van der Waals surface area contributed by atoms with Crippen molar-refractivity contribution in [3.63, 3.8) is 0 Å². The Morgan fingerprint density at radius 3 is 2.70 bits per heavy atom. The molecule has 0 atom stereocenters. The molecule has 2 aromatic rings. The normalized spacial score (nSPS) is 14.5. The first kappa shape index (κ1) is 16.4. The highest BCUT2D eigenvalue weighted by atomic mass is 127. The number of carbonyl (C=O) groups excluding carboxylic acids is 1. The minimum Gasteiger partial charge on any atom is -0.294 e. The average molecular weight is 416 g/mol. The summed E-state index contributed by atoms with van der Waals surface area (Å²) < 4.78 is 1.03. The molecule has 23 heavy (non-hydrogen) atoms. The molecule has 2 heteroatoms. The number of hydrogen-bond donors (Lipinski definition) is 0. The Morgan fingerprint density at radius 2 is 1.96 bits per heavy atom. The zero-order chi connectivity index (χ0) is 16.4. The van der Waals surface area contributed by atoms with Crippen LogP contribution in [0.4, 0.5) is 0 Å². The first-order chi connectivity index (χ1) is 11.1. The summed E-state index contributed by atoms with van der Waals surface area (Å²) in [7, 11) is 0. The molecule has 0 saturated carbocycles. The van der Waals surface area contributed by atoms with E-state index in [1.54, 1.807) is 0 Å². The van der Waals surface area contributed by atoms with E-state index in [4.69, 9.17) is 0 Å². The van der Waals surface area contributed by atoms with Gasteiger partial charge in [0.25, 0.3) is 0 Å².